The van der Waals surface area contributed by atoms with E-state index in [0.717, 1.165) is 54.6 Å². The minimum atomic E-state index is -3.67. The SMILES string of the molecule is Cc1ccc(CO[C@@H]2C[C@@H](C(=O)NCc3ccc(C(=N)N)s3)N(C(=O)[C@@H](CCC3CCNCC3)NS(C)(=O)=O)C2)cc1. The molecule has 0 aliphatic carbocycles. The number of amidine groups is 1. The average molecular weight is 619 g/mol. The van der Waals surface area contributed by atoms with Gasteiger partial charge in [0.25, 0.3) is 0 Å². The number of nitrogens with one attached hydrogen (secondary N) is 4. The normalized spacial score (nSPS) is 20.4. The Labute approximate surface area is 252 Å². The minimum Gasteiger partial charge on any atom is -0.383 e. The molecular formula is C29H42N6O5S2. The van der Waals surface area contributed by atoms with Crippen LogP contribution >= 0.6 is 11.3 Å². The maximum atomic E-state index is 13.9. The fourth-order valence-corrected chi connectivity index (χ4v) is 7.03. The van der Waals surface area contributed by atoms with Crippen molar-refractivity contribution in [1.29, 1.82) is 5.41 Å². The number of ether oxygens (including phenoxy) is 1. The summed E-state index contributed by atoms with van der Waals surface area (Å²) in [5, 5.41) is 13.8. The predicted octanol–water partition coefficient (Wildman–Crippen LogP) is 1.84. The number of rotatable bonds is 13. The lowest BCUT2D eigenvalue weighted by Crippen LogP contribution is -2.53. The molecular weight excluding hydrogens is 576 g/mol. The number of amides is 2. The van der Waals surface area contributed by atoms with Crippen LogP contribution in [0.5, 0.6) is 0 Å². The van der Waals surface area contributed by atoms with Crippen molar-refractivity contribution in [3.8, 4) is 0 Å². The number of carbonyl (C=O) groups excluding carboxylic acids is 2. The smallest absolute Gasteiger partial charge is 0.243 e. The van der Waals surface area contributed by atoms with Crippen molar-refractivity contribution in [2.75, 3.05) is 25.9 Å². The summed E-state index contributed by atoms with van der Waals surface area (Å²) in [5.41, 5.74) is 7.70. The van der Waals surface area contributed by atoms with E-state index in [1.807, 2.05) is 31.2 Å². The highest BCUT2D eigenvalue weighted by Crippen LogP contribution is 2.26. The zero-order chi connectivity index (χ0) is 30.3. The molecule has 2 saturated heterocycles. The summed E-state index contributed by atoms with van der Waals surface area (Å²) in [5.74, 6) is -0.366. The molecule has 6 N–H and O–H groups in total. The summed E-state index contributed by atoms with van der Waals surface area (Å²) in [6, 6.07) is 9.75. The van der Waals surface area contributed by atoms with Crippen LogP contribution in [0.1, 0.15) is 53.0 Å². The van der Waals surface area contributed by atoms with Crippen molar-refractivity contribution in [2.45, 2.75) is 70.4 Å². The Hall–Kier alpha value is -2.84. The third kappa shape index (κ3) is 9.33. The van der Waals surface area contributed by atoms with Gasteiger partial charge in [-0.1, -0.05) is 29.8 Å². The number of thiophene rings is 1. The first-order valence-corrected chi connectivity index (χ1v) is 17.1. The topological polar surface area (TPSA) is 167 Å². The van der Waals surface area contributed by atoms with Crippen LogP contribution in [0.4, 0.5) is 0 Å². The predicted molar refractivity (Wildman–Crippen MR) is 164 cm³/mol. The van der Waals surface area contributed by atoms with Crippen molar-refractivity contribution in [3.63, 3.8) is 0 Å². The summed E-state index contributed by atoms with van der Waals surface area (Å²) >= 11 is 1.32. The van der Waals surface area contributed by atoms with Crippen LogP contribution in [-0.2, 0) is 37.5 Å². The first kappa shape index (κ1) is 32.1. The summed E-state index contributed by atoms with van der Waals surface area (Å²) in [6.07, 6.45) is 4.01. The van der Waals surface area contributed by atoms with E-state index in [0.29, 0.717) is 30.2 Å². The second kappa shape index (κ2) is 14.6. The van der Waals surface area contributed by atoms with Gasteiger partial charge in [-0.2, -0.15) is 0 Å². The Balaban J connectivity index is 1.48. The molecule has 1 aromatic carbocycles. The quantitative estimate of drug-likeness (QED) is 0.169. The first-order chi connectivity index (χ1) is 20.0. The molecule has 1 aromatic heterocycles. The average Bonchev–Trinajstić information content (AvgIpc) is 3.61. The van der Waals surface area contributed by atoms with Crippen molar-refractivity contribution < 1.29 is 22.7 Å². The van der Waals surface area contributed by atoms with Gasteiger partial charge in [-0.25, -0.2) is 13.1 Å². The monoisotopic (exact) mass is 618 g/mol. The third-order valence-corrected chi connectivity index (χ3v) is 9.63. The Bertz CT molecular complexity index is 1340. The van der Waals surface area contributed by atoms with Gasteiger partial charge in [0, 0.05) is 17.8 Å². The molecule has 0 saturated carbocycles. The van der Waals surface area contributed by atoms with Gasteiger partial charge >= 0.3 is 0 Å². The lowest BCUT2D eigenvalue weighted by molar-refractivity contribution is -0.140. The maximum absolute atomic E-state index is 13.9. The van der Waals surface area contributed by atoms with Crippen LogP contribution < -0.4 is 21.1 Å². The Morgan fingerprint density at radius 2 is 1.90 bits per heavy atom. The summed E-state index contributed by atoms with van der Waals surface area (Å²) in [7, 11) is -3.67. The van der Waals surface area contributed by atoms with E-state index in [2.05, 4.69) is 15.4 Å². The number of nitrogen functional groups attached to an aromatic ring is 1. The van der Waals surface area contributed by atoms with Crippen molar-refractivity contribution >= 4 is 39.0 Å². The molecule has 2 aliphatic rings. The zero-order valence-corrected chi connectivity index (χ0v) is 25.9. The van der Waals surface area contributed by atoms with Gasteiger partial charge in [-0.15, -0.1) is 11.3 Å². The fraction of sp³-hybridized carbons (Fsp3) is 0.552. The zero-order valence-electron chi connectivity index (χ0n) is 24.2. The molecule has 2 fully saturated rings. The molecule has 4 rings (SSSR count). The number of benzene rings is 1. The number of nitrogens with two attached hydrogens (primary N) is 1. The number of carbonyl (C=O) groups is 2. The largest absolute Gasteiger partial charge is 0.383 e. The van der Waals surface area contributed by atoms with Crippen molar-refractivity contribution in [2.24, 2.45) is 11.7 Å². The van der Waals surface area contributed by atoms with Crippen LogP contribution in [0.3, 0.4) is 0 Å². The van der Waals surface area contributed by atoms with Crippen LogP contribution in [-0.4, -0.2) is 75.0 Å². The molecule has 2 aliphatic heterocycles. The van der Waals surface area contributed by atoms with Gasteiger partial charge in [-0.3, -0.25) is 15.0 Å². The molecule has 3 atom stereocenters. The molecule has 13 heteroatoms. The van der Waals surface area contributed by atoms with Gasteiger partial charge < -0.3 is 26.0 Å². The summed E-state index contributed by atoms with van der Waals surface area (Å²) in [4.78, 5) is 30.3. The van der Waals surface area contributed by atoms with Crippen LogP contribution in [0.25, 0.3) is 0 Å². The number of likely N-dealkylation sites (tertiary alicyclic amines) is 1. The minimum absolute atomic E-state index is 0.0346. The Morgan fingerprint density at radius 1 is 1.19 bits per heavy atom. The molecule has 0 spiro atoms. The number of aryl methyl sites for hydroxylation is 1. The van der Waals surface area contributed by atoms with Crippen LogP contribution in [0.15, 0.2) is 36.4 Å². The summed E-state index contributed by atoms with van der Waals surface area (Å²) < 4.78 is 33.2. The van der Waals surface area contributed by atoms with E-state index in [4.69, 9.17) is 15.9 Å². The van der Waals surface area contributed by atoms with E-state index in [-0.39, 0.29) is 30.9 Å². The third-order valence-electron chi connectivity index (χ3n) is 7.80. The van der Waals surface area contributed by atoms with Gasteiger partial charge in [-0.05, 0) is 69.3 Å². The molecule has 42 heavy (non-hydrogen) atoms. The number of hydrogen-bond donors (Lipinski definition) is 5. The molecule has 11 nitrogen and oxygen atoms in total. The highest BCUT2D eigenvalue weighted by Gasteiger charge is 2.42. The van der Waals surface area contributed by atoms with Crippen LogP contribution in [0, 0.1) is 18.3 Å². The van der Waals surface area contributed by atoms with E-state index in [1.54, 1.807) is 12.1 Å². The van der Waals surface area contributed by atoms with E-state index in [1.165, 1.54) is 16.2 Å². The number of piperidine rings is 1. The second-order valence-electron chi connectivity index (χ2n) is 11.3. The van der Waals surface area contributed by atoms with Crippen molar-refractivity contribution in [3.05, 3.63) is 57.3 Å². The second-order valence-corrected chi connectivity index (χ2v) is 14.2. The molecule has 2 amide bonds. The number of hydrogen-bond acceptors (Lipinski definition) is 8. The number of nitrogens with zero attached hydrogens (tertiary/aromatic N) is 1. The maximum Gasteiger partial charge on any atom is 0.243 e. The Morgan fingerprint density at radius 3 is 2.55 bits per heavy atom. The van der Waals surface area contributed by atoms with Gasteiger partial charge in [0.1, 0.15) is 17.9 Å². The van der Waals surface area contributed by atoms with Gasteiger partial charge in [0.2, 0.25) is 21.8 Å². The van der Waals surface area contributed by atoms with E-state index >= 15 is 0 Å². The fourth-order valence-electron chi connectivity index (χ4n) is 5.48. The highest BCUT2D eigenvalue weighted by atomic mass is 32.2. The first-order valence-electron chi connectivity index (χ1n) is 14.3. The Kier molecular flexibility index (Phi) is 11.1. The molecule has 2 aromatic rings. The highest BCUT2D eigenvalue weighted by molar-refractivity contribution is 7.88. The standard InChI is InChI=1S/C29H42N6O5S2/c1-19-3-5-21(6-4-19)18-40-22-15-25(28(36)33-16-23-8-10-26(41-23)27(30)31)35(17-22)29(37)24(34-42(2,38)39)9-7-20-11-13-32-14-12-20/h3-6,8,10,20,22,24-25,32,34H,7,9,11-18H2,1-2H3,(H3,30,31)(H,33,36)/t22-,24-,25+/m1/s1. The lowest BCUT2D eigenvalue weighted by atomic mass is 9.91. The van der Waals surface area contributed by atoms with Crippen molar-refractivity contribution in [1.82, 2.24) is 20.3 Å². The van der Waals surface area contributed by atoms with Gasteiger partial charge in [0.05, 0.1) is 30.4 Å². The lowest BCUT2D eigenvalue weighted by Gasteiger charge is -2.29. The molecule has 3 heterocycles. The molecule has 0 bridgehead atoms. The molecule has 0 unspecified atom stereocenters. The van der Waals surface area contributed by atoms with E-state index < -0.39 is 28.0 Å². The van der Waals surface area contributed by atoms with Gasteiger partial charge in [0.15, 0.2) is 0 Å². The molecule has 230 valence electrons. The summed E-state index contributed by atoms with van der Waals surface area (Å²) in [6.45, 7) is 4.59. The molecule has 0 radical (unpaired) electrons. The van der Waals surface area contributed by atoms with Crippen LogP contribution in [0.2, 0.25) is 0 Å². The van der Waals surface area contributed by atoms with E-state index in [9.17, 15) is 18.0 Å². The number of sulfonamides is 1.